The highest BCUT2D eigenvalue weighted by Gasteiger charge is 2.38. The molecule has 3 rings (SSSR count). The zero-order chi connectivity index (χ0) is 24.1. The van der Waals surface area contributed by atoms with Crippen LogP contribution < -0.4 is 9.47 Å². The monoisotopic (exact) mass is 544 g/mol. The second-order valence-corrected chi connectivity index (χ2v) is 8.82. The van der Waals surface area contributed by atoms with Gasteiger partial charge in [-0.15, -0.1) is 0 Å². The molecule has 0 spiro atoms. The minimum Gasteiger partial charge on any atom is -0.490 e. The Morgan fingerprint density at radius 2 is 1.61 bits per heavy atom. The molecule has 1 heterocycles. The molecule has 0 N–H and O–H groups in total. The molecule has 0 aliphatic carbocycles. The number of ether oxygens (including phenoxy) is 4. The van der Waals surface area contributed by atoms with Gasteiger partial charge in [0.15, 0.2) is 11.5 Å². The van der Waals surface area contributed by atoms with Gasteiger partial charge in [-0.25, -0.2) is 0 Å². The van der Waals surface area contributed by atoms with E-state index in [0.717, 1.165) is 12.1 Å². The summed E-state index contributed by atoms with van der Waals surface area (Å²) in [5.74, 6) is -0.615. The zero-order valence-electron chi connectivity index (χ0n) is 17.1. The maximum Gasteiger partial charge on any atom is 0.416 e. The maximum atomic E-state index is 12.9. The Balaban J connectivity index is 1.70. The average Bonchev–Trinajstić information content (AvgIpc) is 2.75. The van der Waals surface area contributed by atoms with E-state index in [0.29, 0.717) is 30.9 Å². The molecule has 0 amide bonds. The van der Waals surface area contributed by atoms with Crippen LogP contribution in [0.1, 0.15) is 24.0 Å². The molecule has 1 aliphatic heterocycles. The van der Waals surface area contributed by atoms with Gasteiger partial charge in [0.25, 0.3) is 0 Å². The predicted molar refractivity (Wildman–Crippen MR) is 122 cm³/mol. The first-order valence-electron chi connectivity index (χ1n) is 9.82. The van der Waals surface area contributed by atoms with E-state index in [4.69, 9.17) is 65.4 Å². The van der Waals surface area contributed by atoms with Crippen LogP contribution in [0.5, 0.6) is 11.5 Å². The van der Waals surface area contributed by atoms with E-state index in [9.17, 15) is 13.2 Å². The van der Waals surface area contributed by atoms with Gasteiger partial charge < -0.3 is 18.9 Å². The molecule has 11 heteroatoms. The smallest absolute Gasteiger partial charge is 0.416 e. The van der Waals surface area contributed by atoms with Crippen LogP contribution in [0.2, 0.25) is 10.0 Å². The minimum atomic E-state index is -4.43. The van der Waals surface area contributed by atoms with Crippen molar-refractivity contribution >= 4 is 46.4 Å². The van der Waals surface area contributed by atoms with Gasteiger partial charge in [-0.05, 0) is 24.6 Å². The lowest BCUT2D eigenvalue weighted by molar-refractivity contribution is -0.281. The molecular formula is C22H19Cl4F3O4. The average molecular weight is 546 g/mol. The van der Waals surface area contributed by atoms with Crippen LogP contribution in [0.3, 0.4) is 0 Å². The van der Waals surface area contributed by atoms with Crippen molar-refractivity contribution in [1.82, 2.24) is 0 Å². The molecule has 1 saturated heterocycles. The molecule has 1 fully saturated rings. The third kappa shape index (κ3) is 7.07. The lowest BCUT2D eigenvalue weighted by atomic mass is 9.99. The SMILES string of the molecule is FC(F)(F)c1ccc(C2(CCOc3c(Cl)cc(OCC=C(Cl)Cl)cc3Cl)OCCCO2)cc1. The van der Waals surface area contributed by atoms with Crippen LogP contribution in [0.4, 0.5) is 13.2 Å². The van der Waals surface area contributed by atoms with Crippen molar-refractivity contribution in [3.8, 4) is 11.5 Å². The first kappa shape index (κ1) is 26.3. The fraction of sp³-hybridized carbons (Fsp3) is 0.364. The lowest BCUT2D eigenvalue weighted by Crippen LogP contribution is -2.39. The highest BCUT2D eigenvalue weighted by molar-refractivity contribution is 6.55. The van der Waals surface area contributed by atoms with Gasteiger partial charge in [-0.3, -0.25) is 0 Å². The highest BCUT2D eigenvalue weighted by atomic mass is 35.5. The Hall–Kier alpha value is -1.35. The summed E-state index contributed by atoms with van der Waals surface area (Å²) in [6.45, 7) is 0.995. The van der Waals surface area contributed by atoms with Gasteiger partial charge in [-0.2, -0.15) is 13.2 Å². The molecule has 0 atom stereocenters. The van der Waals surface area contributed by atoms with Crippen LogP contribution in [0.15, 0.2) is 47.0 Å². The topological polar surface area (TPSA) is 36.9 Å². The summed E-state index contributed by atoms with van der Waals surface area (Å²) in [7, 11) is 0. The van der Waals surface area contributed by atoms with E-state index in [1.807, 2.05) is 0 Å². The molecule has 0 radical (unpaired) electrons. The second kappa shape index (κ2) is 11.4. The van der Waals surface area contributed by atoms with Crippen LogP contribution in [-0.4, -0.2) is 26.4 Å². The van der Waals surface area contributed by atoms with E-state index in [2.05, 4.69) is 0 Å². The van der Waals surface area contributed by atoms with E-state index >= 15 is 0 Å². The first-order chi connectivity index (χ1) is 15.6. The Labute approximate surface area is 209 Å². The lowest BCUT2D eigenvalue weighted by Gasteiger charge is -2.37. The number of alkyl halides is 3. The Morgan fingerprint density at radius 1 is 1.00 bits per heavy atom. The van der Waals surface area contributed by atoms with Crippen molar-refractivity contribution in [1.29, 1.82) is 0 Å². The van der Waals surface area contributed by atoms with Gasteiger partial charge in [0.2, 0.25) is 0 Å². The minimum absolute atomic E-state index is 0.0706. The number of hydrogen-bond acceptors (Lipinski definition) is 4. The van der Waals surface area contributed by atoms with Crippen LogP contribution >= 0.6 is 46.4 Å². The van der Waals surface area contributed by atoms with Gasteiger partial charge in [-0.1, -0.05) is 58.5 Å². The third-order valence-electron chi connectivity index (χ3n) is 4.75. The summed E-state index contributed by atoms with van der Waals surface area (Å²) in [6.07, 6.45) is -2.10. The van der Waals surface area contributed by atoms with Gasteiger partial charge in [0, 0.05) is 24.1 Å². The molecular weight excluding hydrogens is 527 g/mol. The van der Waals surface area contributed by atoms with Crippen molar-refractivity contribution in [2.75, 3.05) is 26.4 Å². The molecule has 0 unspecified atom stereocenters. The van der Waals surface area contributed by atoms with Crippen molar-refractivity contribution in [3.05, 3.63) is 68.1 Å². The molecule has 0 saturated carbocycles. The van der Waals surface area contributed by atoms with Gasteiger partial charge in [0.05, 0.1) is 35.4 Å². The maximum absolute atomic E-state index is 12.9. The molecule has 33 heavy (non-hydrogen) atoms. The van der Waals surface area contributed by atoms with Crippen LogP contribution in [0.25, 0.3) is 0 Å². The summed E-state index contributed by atoms with van der Waals surface area (Å²) < 4.78 is 61.8. The molecule has 4 nitrogen and oxygen atoms in total. The largest absolute Gasteiger partial charge is 0.490 e. The summed E-state index contributed by atoms with van der Waals surface area (Å²) in [5.41, 5.74) is -0.288. The van der Waals surface area contributed by atoms with E-state index in [1.54, 1.807) is 0 Å². The number of rotatable bonds is 8. The van der Waals surface area contributed by atoms with Crippen molar-refractivity contribution < 1.29 is 32.1 Å². The highest BCUT2D eigenvalue weighted by Crippen LogP contribution is 2.39. The van der Waals surface area contributed by atoms with Crippen molar-refractivity contribution in [2.24, 2.45) is 0 Å². The summed E-state index contributed by atoms with van der Waals surface area (Å²) in [5, 5.41) is 0.431. The van der Waals surface area contributed by atoms with Gasteiger partial charge in [0.1, 0.15) is 16.8 Å². The predicted octanol–water partition coefficient (Wildman–Crippen LogP) is 7.77. The summed E-state index contributed by atoms with van der Waals surface area (Å²) in [4.78, 5) is 0. The summed E-state index contributed by atoms with van der Waals surface area (Å²) >= 11 is 23.6. The number of hydrogen-bond donors (Lipinski definition) is 0. The quantitative estimate of drug-likeness (QED) is 0.339. The van der Waals surface area contributed by atoms with Crippen molar-refractivity contribution in [3.63, 3.8) is 0 Å². The van der Waals surface area contributed by atoms with Gasteiger partial charge >= 0.3 is 6.18 Å². The van der Waals surface area contributed by atoms with Crippen LogP contribution in [-0.2, 0) is 21.4 Å². The molecule has 0 bridgehead atoms. The Kier molecular flexibility index (Phi) is 9.06. The Morgan fingerprint density at radius 3 is 2.15 bits per heavy atom. The number of halogens is 7. The van der Waals surface area contributed by atoms with E-state index < -0.39 is 17.5 Å². The zero-order valence-corrected chi connectivity index (χ0v) is 20.1. The fourth-order valence-electron chi connectivity index (χ4n) is 3.19. The molecule has 180 valence electrons. The van der Waals surface area contributed by atoms with Crippen LogP contribution in [0, 0.1) is 0 Å². The molecule has 2 aromatic rings. The standard InChI is InChI=1S/C22H19Cl4F3O4/c23-17-12-16(30-10-6-19(25)26)13-18(24)20(17)31-11-7-21(32-8-1-9-33-21)14-2-4-15(5-3-14)22(27,28)29/h2-6,12-13H,1,7-11H2. The van der Waals surface area contributed by atoms with E-state index in [-0.39, 0.29) is 39.9 Å². The molecule has 0 aromatic heterocycles. The third-order valence-corrected chi connectivity index (χ3v) is 5.62. The van der Waals surface area contributed by atoms with E-state index in [1.165, 1.54) is 30.3 Å². The number of benzene rings is 2. The Bertz CT molecular complexity index is 948. The molecule has 2 aromatic carbocycles. The van der Waals surface area contributed by atoms with Crippen molar-refractivity contribution in [2.45, 2.75) is 24.8 Å². The second-order valence-electron chi connectivity index (χ2n) is 7.00. The first-order valence-corrected chi connectivity index (χ1v) is 11.3. The molecule has 1 aliphatic rings. The normalized spacial score (nSPS) is 15.7. The fourth-order valence-corrected chi connectivity index (χ4v) is 3.89. The summed E-state index contributed by atoms with van der Waals surface area (Å²) in [6, 6.07) is 7.75.